The fourth-order valence-corrected chi connectivity index (χ4v) is 3.47. The first-order valence-electron chi connectivity index (χ1n) is 6.81. The molecule has 3 heterocycles. The lowest BCUT2D eigenvalue weighted by atomic mass is 9.83. The molecular formula is C14H20N2O2. The van der Waals surface area contributed by atoms with E-state index in [0.717, 1.165) is 32.6 Å². The highest BCUT2D eigenvalue weighted by Crippen LogP contribution is 2.34. The Morgan fingerprint density at radius 2 is 2.17 bits per heavy atom. The van der Waals surface area contributed by atoms with Crippen molar-refractivity contribution < 1.29 is 5.11 Å². The van der Waals surface area contributed by atoms with E-state index in [9.17, 15) is 4.79 Å². The van der Waals surface area contributed by atoms with Crippen LogP contribution in [0.15, 0.2) is 23.0 Å². The Balaban J connectivity index is 1.83. The van der Waals surface area contributed by atoms with E-state index in [-0.39, 0.29) is 12.2 Å². The first kappa shape index (κ1) is 11.9. The Bertz CT molecular complexity index is 483. The van der Waals surface area contributed by atoms with Gasteiger partial charge in [0.05, 0.1) is 0 Å². The molecule has 0 aliphatic carbocycles. The Morgan fingerprint density at radius 1 is 1.28 bits per heavy atom. The molecule has 1 aromatic rings. The van der Waals surface area contributed by atoms with Crippen molar-refractivity contribution in [2.75, 3.05) is 26.2 Å². The monoisotopic (exact) mass is 248 g/mol. The number of nitrogens with zero attached hydrogens (tertiary/aromatic N) is 2. The SMILES string of the molecule is O=c1cccc2n1CC1CC2CN(CCCO)C1. The number of fused-ring (bicyclic) bond motifs is 4. The molecule has 2 aliphatic rings. The second kappa shape index (κ2) is 4.86. The van der Waals surface area contributed by atoms with E-state index in [0.29, 0.717) is 11.8 Å². The Kier molecular flexibility index (Phi) is 3.22. The van der Waals surface area contributed by atoms with Crippen LogP contribution in [0.5, 0.6) is 0 Å². The molecule has 98 valence electrons. The Labute approximate surface area is 107 Å². The quantitative estimate of drug-likeness (QED) is 0.854. The van der Waals surface area contributed by atoms with Crippen LogP contribution >= 0.6 is 0 Å². The molecule has 4 heteroatoms. The number of aliphatic hydroxyl groups excluding tert-OH is 1. The molecule has 0 saturated carbocycles. The van der Waals surface area contributed by atoms with Gasteiger partial charge in [0, 0.05) is 50.5 Å². The van der Waals surface area contributed by atoms with Crippen molar-refractivity contribution in [1.82, 2.24) is 9.47 Å². The lowest BCUT2D eigenvalue weighted by Crippen LogP contribution is -2.47. The van der Waals surface area contributed by atoms with E-state index in [4.69, 9.17) is 5.11 Å². The highest BCUT2D eigenvalue weighted by Gasteiger charge is 2.33. The number of rotatable bonds is 3. The van der Waals surface area contributed by atoms with Gasteiger partial charge in [0.1, 0.15) is 0 Å². The van der Waals surface area contributed by atoms with Crippen LogP contribution in [-0.2, 0) is 6.54 Å². The summed E-state index contributed by atoms with van der Waals surface area (Å²) in [6.07, 6.45) is 2.06. The van der Waals surface area contributed by atoms with Gasteiger partial charge in [-0.2, -0.15) is 0 Å². The second-order valence-electron chi connectivity index (χ2n) is 5.53. The highest BCUT2D eigenvalue weighted by molar-refractivity contribution is 5.16. The fourth-order valence-electron chi connectivity index (χ4n) is 3.47. The van der Waals surface area contributed by atoms with Gasteiger partial charge in [-0.1, -0.05) is 6.07 Å². The van der Waals surface area contributed by atoms with Crippen molar-refractivity contribution in [3.8, 4) is 0 Å². The zero-order valence-corrected chi connectivity index (χ0v) is 10.6. The van der Waals surface area contributed by atoms with E-state index in [2.05, 4.69) is 11.0 Å². The molecule has 2 bridgehead atoms. The first-order chi connectivity index (χ1) is 8.78. The molecule has 2 aliphatic heterocycles. The number of piperidine rings is 1. The van der Waals surface area contributed by atoms with Crippen LogP contribution < -0.4 is 5.56 Å². The summed E-state index contributed by atoms with van der Waals surface area (Å²) in [7, 11) is 0. The van der Waals surface area contributed by atoms with E-state index in [1.165, 1.54) is 12.1 Å². The van der Waals surface area contributed by atoms with Gasteiger partial charge in [0.15, 0.2) is 0 Å². The smallest absolute Gasteiger partial charge is 0.250 e. The van der Waals surface area contributed by atoms with Crippen LogP contribution in [0, 0.1) is 5.92 Å². The van der Waals surface area contributed by atoms with Gasteiger partial charge in [0.2, 0.25) is 0 Å². The topological polar surface area (TPSA) is 45.5 Å². The van der Waals surface area contributed by atoms with E-state index < -0.39 is 0 Å². The van der Waals surface area contributed by atoms with Crippen LogP contribution in [-0.4, -0.2) is 40.8 Å². The van der Waals surface area contributed by atoms with Crippen LogP contribution in [0.25, 0.3) is 0 Å². The summed E-state index contributed by atoms with van der Waals surface area (Å²) in [6.45, 7) is 4.20. The second-order valence-corrected chi connectivity index (χ2v) is 5.53. The summed E-state index contributed by atoms with van der Waals surface area (Å²) in [5.41, 5.74) is 1.35. The van der Waals surface area contributed by atoms with Gasteiger partial charge in [-0.05, 0) is 24.8 Å². The largest absolute Gasteiger partial charge is 0.396 e. The summed E-state index contributed by atoms with van der Waals surface area (Å²) < 4.78 is 1.96. The van der Waals surface area contributed by atoms with Crippen molar-refractivity contribution in [2.24, 2.45) is 5.92 Å². The minimum Gasteiger partial charge on any atom is -0.396 e. The van der Waals surface area contributed by atoms with E-state index >= 15 is 0 Å². The maximum atomic E-state index is 11.9. The molecule has 0 aromatic carbocycles. The van der Waals surface area contributed by atoms with Crippen molar-refractivity contribution >= 4 is 0 Å². The number of likely N-dealkylation sites (tertiary alicyclic amines) is 1. The molecule has 1 saturated heterocycles. The van der Waals surface area contributed by atoms with Gasteiger partial charge in [-0.15, -0.1) is 0 Å². The predicted molar refractivity (Wildman–Crippen MR) is 69.7 cm³/mol. The summed E-state index contributed by atoms with van der Waals surface area (Å²) in [5, 5.41) is 8.92. The predicted octanol–water partition coefficient (Wildman–Crippen LogP) is 0.650. The summed E-state index contributed by atoms with van der Waals surface area (Å²) in [4.78, 5) is 14.3. The Hall–Kier alpha value is -1.13. The molecule has 1 fully saturated rings. The van der Waals surface area contributed by atoms with Crippen molar-refractivity contribution in [3.63, 3.8) is 0 Å². The zero-order chi connectivity index (χ0) is 12.5. The molecule has 0 radical (unpaired) electrons. The average molecular weight is 248 g/mol. The average Bonchev–Trinajstić information content (AvgIpc) is 2.38. The molecule has 2 unspecified atom stereocenters. The zero-order valence-electron chi connectivity index (χ0n) is 10.6. The minimum atomic E-state index is 0.144. The van der Waals surface area contributed by atoms with E-state index in [1.54, 1.807) is 6.07 Å². The number of hydrogen-bond acceptors (Lipinski definition) is 3. The van der Waals surface area contributed by atoms with Crippen LogP contribution in [0.3, 0.4) is 0 Å². The van der Waals surface area contributed by atoms with Gasteiger partial charge >= 0.3 is 0 Å². The maximum absolute atomic E-state index is 11.9. The van der Waals surface area contributed by atoms with E-state index in [1.807, 2.05) is 10.6 Å². The third-order valence-electron chi connectivity index (χ3n) is 4.19. The standard InChI is InChI=1S/C14H20N2O2/c17-6-2-5-15-8-11-7-12(10-15)13-3-1-4-14(18)16(13)9-11/h1,3-4,11-12,17H,2,5-10H2. The fraction of sp³-hybridized carbons (Fsp3) is 0.643. The van der Waals surface area contributed by atoms with Gasteiger partial charge in [-0.3, -0.25) is 4.79 Å². The van der Waals surface area contributed by atoms with Crippen LogP contribution in [0.1, 0.15) is 24.5 Å². The molecule has 3 rings (SSSR count). The summed E-state index contributed by atoms with van der Waals surface area (Å²) >= 11 is 0. The number of aromatic nitrogens is 1. The molecule has 0 spiro atoms. The van der Waals surface area contributed by atoms with Crippen molar-refractivity contribution in [2.45, 2.75) is 25.3 Å². The van der Waals surface area contributed by atoms with Gasteiger partial charge in [0.25, 0.3) is 5.56 Å². The molecule has 1 aromatic heterocycles. The summed E-state index contributed by atoms with van der Waals surface area (Å²) in [6, 6.07) is 5.63. The highest BCUT2D eigenvalue weighted by atomic mass is 16.3. The molecule has 1 N–H and O–H groups in total. The lowest BCUT2D eigenvalue weighted by molar-refractivity contribution is 0.112. The number of pyridine rings is 1. The number of hydrogen-bond donors (Lipinski definition) is 1. The van der Waals surface area contributed by atoms with Gasteiger partial charge in [-0.25, -0.2) is 0 Å². The Morgan fingerprint density at radius 3 is 3.00 bits per heavy atom. The van der Waals surface area contributed by atoms with Crippen molar-refractivity contribution in [3.05, 3.63) is 34.2 Å². The van der Waals surface area contributed by atoms with Gasteiger partial charge < -0.3 is 14.6 Å². The molecule has 0 amide bonds. The third-order valence-corrected chi connectivity index (χ3v) is 4.19. The maximum Gasteiger partial charge on any atom is 0.250 e. The first-order valence-corrected chi connectivity index (χ1v) is 6.81. The normalized spacial score (nSPS) is 26.9. The third kappa shape index (κ3) is 2.10. The summed E-state index contributed by atoms with van der Waals surface area (Å²) in [5.74, 6) is 1.08. The minimum absolute atomic E-state index is 0.144. The molecular weight excluding hydrogens is 228 g/mol. The molecule has 18 heavy (non-hydrogen) atoms. The molecule has 2 atom stereocenters. The lowest BCUT2D eigenvalue weighted by Gasteiger charge is -2.42. The molecule has 4 nitrogen and oxygen atoms in total. The van der Waals surface area contributed by atoms with Crippen LogP contribution in [0.2, 0.25) is 0 Å². The van der Waals surface area contributed by atoms with Crippen molar-refractivity contribution in [1.29, 1.82) is 0 Å². The number of aliphatic hydroxyl groups is 1. The van der Waals surface area contributed by atoms with Crippen LogP contribution in [0.4, 0.5) is 0 Å².